The van der Waals surface area contributed by atoms with Crippen LogP contribution in [0.25, 0.3) is 21.8 Å². The first-order valence-electron chi connectivity index (χ1n) is 40.2. The number of aromatic hydroxyl groups is 1. The van der Waals surface area contributed by atoms with E-state index in [9.17, 15) is 28.8 Å². The molecular formula is C101H145N4O11SeY6-3. The molecule has 12 rings (SSSR count). The van der Waals surface area contributed by atoms with Gasteiger partial charge in [-0.1, -0.05) is 394 Å². The molecular weight excluding hydrogens is 2060 g/mol. The second-order valence-electron chi connectivity index (χ2n) is 17.1. The number of nitrogens with zero attached hydrogens (tertiary/aromatic N) is 4. The molecule has 12 aromatic rings. The summed E-state index contributed by atoms with van der Waals surface area (Å²) in [6, 6.07) is 86.7. The van der Waals surface area contributed by atoms with Crippen LogP contribution in [0.2, 0.25) is 0 Å². The van der Waals surface area contributed by atoms with Crippen molar-refractivity contribution in [2.75, 3.05) is 7.11 Å². The van der Waals surface area contributed by atoms with Gasteiger partial charge in [0.25, 0.3) is 0 Å². The molecule has 0 aliphatic rings. The van der Waals surface area contributed by atoms with Crippen LogP contribution < -0.4 is 0 Å². The van der Waals surface area contributed by atoms with Crippen LogP contribution in [-0.2, 0) is 213 Å². The van der Waals surface area contributed by atoms with Gasteiger partial charge in [-0.05, 0) is 55.5 Å². The molecule has 8 aromatic carbocycles. The van der Waals surface area contributed by atoms with Gasteiger partial charge in [0.05, 0.1) is 35.6 Å². The summed E-state index contributed by atoms with van der Waals surface area (Å²) in [4.78, 5) is 85.5. The molecule has 4 heterocycles. The molecule has 6 radical (unpaired) electrons. The first kappa shape index (κ1) is 165. The van der Waals surface area contributed by atoms with Gasteiger partial charge in [0.2, 0.25) is 0 Å². The Morgan fingerprint density at radius 1 is 0.333 bits per heavy atom. The van der Waals surface area contributed by atoms with Crippen LogP contribution in [-0.4, -0.2) is 90.7 Å². The number of rotatable bonds is 6. The van der Waals surface area contributed by atoms with Gasteiger partial charge in [-0.3, -0.25) is 29.1 Å². The third-order valence-electron chi connectivity index (χ3n) is 10.4. The zero-order valence-electron chi connectivity index (χ0n) is 79.9. The Morgan fingerprint density at radius 2 is 0.618 bits per heavy atom. The number of para-hydroxylation sites is 3. The predicted octanol–water partition coefficient (Wildman–Crippen LogP) is 28.2. The molecule has 0 aliphatic carbocycles. The third kappa shape index (κ3) is 119. The Morgan fingerprint density at radius 3 is 0.829 bits per heavy atom. The smallest absolute Gasteiger partial charge is 0.0701 e. The summed E-state index contributed by atoms with van der Waals surface area (Å²) in [7, 11) is 1.37. The minimum absolute atomic E-state index is 0. The van der Waals surface area contributed by atoms with E-state index in [1.165, 1.54) is 42.6 Å². The fourth-order valence-corrected chi connectivity index (χ4v) is 6.19. The molecule has 15 nitrogen and oxygen atoms in total. The summed E-state index contributed by atoms with van der Waals surface area (Å²) in [5.41, 5.74) is 8.00. The van der Waals surface area contributed by atoms with E-state index in [2.05, 4.69) is 67.1 Å². The van der Waals surface area contributed by atoms with Crippen LogP contribution in [0.3, 0.4) is 0 Å². The van der Waals surface area contributed by atoms with Gasteiger partial charge in [-0.15, -0.1) is 17.7 Å². The minimum atomic E-state index is -1.62. The molecule has 0 atom stereocenters. The summed E-state index contributed by atoms with van der Waals surface area (Å²) in [5, 5.41) is 11.3. The molecule has 0 unspecified atom stereocenters. The monoisotopic (exact) mass is 2200 g/mol. The average Bonchev–Trinajstić information content (AvgIpc) is 0.874. The maximum absolute atomic E-state index is 10.8. The van der Waals surface area contributed by atoms with Crippen molar-refractivity contribution in [1.29, 1.82) is 0 Å². The third-order valence-corrected chi connectivity index (χ3v) is 10.4. The molecule has 662 valence electrons. The number of carbonyl (C=O) groups excluding carboxylic acids is 7. The summed E-state index contributed by atoms with van der Waals surface area (Å²) in [6.07, 6.45) is 14.7. The normalized spacial score (nSPS) is 7.04. The Kier molecular flexibility index (Phi) is 211. The van der Waals surface area contributed by atoms with Crippen LogP contribution in [0, 0.1) is 32.0 Å². The molecule has 0 saturated heterocycles. The summed E-state index contributed by atoms with van der Waals surface area (Å²) >= 11 is -1.62. The maximum atomic E-state index is 10.8. The van der Waals surface area contributed by atoms with Crippen molar-refractivity contribution in [3.05, 3.63) is 355 Å². The number of methoxy groups -OCH3 is 1. The number of phenols is 1. The van der Waals surface area contributed by atoms with E-state index < -0.39 is 14.8 Å². The molecule has 123 heavy (non-hydrogen) atoms. The SMILES string of the molecule is CC.CC.CC.CC.CC.CC.CC.CC.CC.CC.CC.CC.CC.CC=O.COC(=O)c1ccccc1.Cc1[c-]cccc1.Cc1[c-]ccnc1.O=Cc1[c-]ccnc1.O=Cc1ccccc1.O=Cc1ccccc1.O=Cc1ccccc1.O=Cc1ccccc1O.O=[Se]=O.[Y].[Y].[Y].[Y].[Y].[Y].c1ccc2ncccc2c1.c1ccc2ncccc2c1. The fourth-order valence-electron chi connectivity index (χ4n) is 6.19. The number of carbonyl (C=O) groups is 7. The number of aryl methyl sites for hydroxylation is 2. The summed E-state index contributed by atoms with van der Waals surface area (Å²) in [5.74, 6) is -0.256. The van der Waals surface area contributed by atoms with Gasteiger partial charge >= 0.3 is 28.5 Å². The van der Waals surface area contributed by atoms with Crippen LogP contribution >= 0.6 is 0 Å². The van der Waals surface area contributed by atoms with E-state index in [0.717, 1.165) is 58.4 Å². The zero-order valence-corrected chi connectivity index (χ0v) is 98.6. The topological polar surface area (TPSA) is 235 Å². The standard InChI is InChI=1S/2C9H7N.C8H8O2.C7H6O2.3C7H6O.C7H7.C6H4NO.C6H6N.C2H4O.13C2H6.O2Se.6Y/c2*1-2-6-9-8(4-1)5-3-7-10-9;1-10-8(9)7-5-3-2-4-6-7;8-5-6-3-1-2-4-7(6)9;3*8-6-7-4-2-1-3-5-7;1-7-5-3-2-4-6-7;8-5-6-2-1-3-7-4-6;1-6-3-2-4-7-5-6;1-2-3;13*1-2;1-3-2;;;;;;/h2*1-7H;2-6H,1H3;1-5,9H;3*1-6H;2-5H,1H3;1,3-5H;2,4-5H,1H3;2H,1H3;13*1-2H3;;;;;;;/q;;;;;;;3*-1;;;;;;;;;;;;;;;;;;;;;. The Bertz CT molecular complexity index is 3480. The molecule has 0 fully saturated rings. The minimum Gasteiger partial charge on any atom is -0.256 e. The quantitative estimate of drug-likeness (QED) is 0.0705. The zero-order chi connectivity index (χ0) is 92.6. The number of hydrogen-bond acceptors (Lipinski definition) is 15. The van der Waals surface area contributed by atoms with E-state index in [1.807, 2.05) is 340 Å². The van der Waals surface area contributed by atoms with Crippen LogP contribution in [0.1, 0.15) is 260 Å². The van der Waals surface area contributed by atoms with E-state index in [1.54, 1.807) is 110 Å². The number of fused-ring (bicyclic) bond motifs is 2. The predicted molar refractivity (Wildman–Crippen MR) is 503 cm³/mol. The number of ether oxygens (including phenoxy) is 1. The number of hydrogen-bond donors (Lipinski definition) is 1. The van der Waals surface area contributed by atoms with Gasteiger partial charge in [0.15, 0.2) is 6.29 Å². The van der Waals surface area contributed by atoms with E-state index in [4.69, 9.17) is 17.6 Å². The van der Waals surface area contributed by atoms with Crippen molar-refractivity contribution in [2.45, 2.75) is 201 Å². The molecule has 22 heteroatoms. The van der Waals surface area contributed by atoms with E-state index in [0.29, 0.717) is 29.3 Å². The van der Waals surface area contributed by atoms with Crippen molar-refractivity contribution in [2.24, 2.45) is 0 Å². The van der Waals surface area contributed by atoms with E-state index in [-0.39, 0.29) is 208 Å². The van der Waals surface area contributed by atoms with Gasteiger partial charge < -0.3 is 29.4 Å². The molecule has 0 bridgehead atoms. The number of aromatic nitrogens is 4. The second-order valence-corrected chi connectivity index (χ2v) is 17.4. The number of pyridine rings is 4. The molecule has 0 amide bonds. The Balaban J connectivity index is -0.0000000552. The Hall–Kier alpha value is -5.09. The van der Waals surface area contributed by atoms with Crippen LogP contribution in [0.15, 0.2) is 292 Å². The number of benzene rings is 8. The van der Waals surface area contributed by atoms with Crippen molar-refractivity contribution in [3.8, 4) is 5.75 Å². The number of phenolic OH excluding ortho intramolecular Hbond substituents is 1. The number of esters is 1. The van der Waals surface area contributed by atoms with Gasteiger partial charge in [-0.2, -0.15) is 48.0 Å². The Labute approximate surface area is 903 Å². The molecule has 0 spiro atoms. The largest absolute Gasteiger partial charge is 0.256 e. The molecule has 1 N–H and O–H groups in total. The molecule has 0 saturated carbocycles. The fraction of sp³-hybridized carbons (Fsp3) is 0.297. The number of aldehydes is 6. The summed E-state index contributed by atoms with van der Waals surface area (Å²) in [6.45, 7) is 57.4. The van der Waals surface area contributed by atoms with Crippen molar-refractivity contribution >= 4 is 80.3 Å². The van der Waals surface area contributed by atoms with Crippen LogP contribution in [0.4, 0.5) is 0 Å². The molecule has 4 aromatic heterocycles. The molecule has 0 aliphatic heterocycles. The van der Waals surface area contributed by atoms with Gasteiger partial charge in [0, 0.05) is 236 Å². The first-order chi connectivity index (χ1) is 57.5. The van der Waals surface area contributed by atoms with Crippen molar-refractivity contribution < 1.29 is 247 Å². The average molecular weight is 2200 g/mol. The second kappa shape index (κ2) is 157. The maximum Gasteiger partial charge on any atom is 0.0701 e. The van der Waals surface area contributed by atoms with Crippen molar-refractivity contribution in [1.82, 2.24) is 19.9 Å². The van der Waals surface area contributed by atoms with Gasteiger partial charge in [0.1, 0.15) is 30.9 Å². The van der Waals surface area contributed by atoms with Crippen molar-refractivity contribution in [3.63, 3.8) is 0 Å². The first-order valence-corrected chi connectivity index (χ1v) is 41.6. The summed E-state index contributed by atoms with van der Waals surface area (Å²) < 4.78 is 21.4. The van der Waals surface area contributed by atoms with Crippen LogP contribution in [0.5, 0.6) is 5.75 Å². The van der Waals surface area contributed by atoms with E-state index >= 15 is 0 Å². The van der Waals surface area contributed by atoms with Gasteiger partial charge in [-0.25, -0.2) is 4.79 Å².